The van der Waals surface area contributed by atoms with Crippen molar-refractivity contribution in [3.63, 3.8) is 0 Å². The number of carbonyl (C=O) groups excluding carboxylic acids is 1. The van der Waals surface area contributed by atoms with E-state index in [1.807, 2.05) is 41.3 Å². The molecule has 0 radical (unpaired) electrons. The molecule has 2 aromatic carbocycles. The lowest BCUT2D eigenvalue weighted by atomic mass is 9.81. The molecule has 11 nitrogen and oxygen atoms in total. The molecule has 2 saturated heterocycles. The van der Waals surface area contributed by atoms with Gasteiger partial charge in [-0.2, -0.15) is 23.1 Å². The Bertz CT molecular complexity index is 1740. The standard InChI is InChI=1S/C37H41F3N6O5.3ClH/c1-4-50-36-42-33(49-3)29(34(43-36)51-24-37(38,39)40)22-44-20-27-21-45(35(47)28-16-11-17-41-32(28)48-2)18-19-46(27)30(23-44)31(25-12-7-5-8-13-25)26-14-9-6-10-15-26;;;/h5-17,27,30-31H,4,18-24H2,1-3H3;3*1H/t27-,30?;;;/m1.../s1. The summed E-state index contributed by atoms with van der Waals surface area (Å²) in [5.41, 5.74) is 2.91. The molecule has 17 heteroatoms. The smallest absolute Gasteiger partial charge is 0.422 e. The minimum Gasteiger partial charge on any atom is -0.481 e. The number of alkyl halides is 3. The van der Waals surface area contributed by atoms with Gasteiger partial charge in [0.25, 0.3) is 5.91 Å². The number of piperazine rings is 2. The number of ether oxygens (including phenoxy) is 4. The molecule has 0 bridgehead atoms. The Labute approximate surface area is 331 Å². The highest BCUT2D eigenvalue weighted by Crippen LogP contribution is 2.38. The predicted octanol–water partition coefficient (Wildman–Crippen LogP) is 6.34. The number of hydrogen-bond acceptors (Lipinski definition) is 10. The Kier molecular flexibility index (Phi) is 16.4. The van der Waals surface area contributed by atoms with Crippen LogP contribution in [-0.4, -0.2) is 114 Å². The fourth-order valence-corrected chi connectivity index (χ4v) is 7.08. The quantitative estimate of drug-likeness (QED) is 0.161. The van der Waals surface area contributed by atoms with Crippen molar-refractivity contribution in [3.05, 3.63) is 101 Å². The first-order valence-electron chi connectivity index (χ1n) is 16.8. The summed E-state index contributed by atoms with van der Waals surface area (Å²) >= 11 is 0. The van der Waals surface area contributed by atoms with Gasteiger partial charge >= 0.3 is 12.2 Å². The molecule has 2 aliphatic heterocycles. The first-order valence-corrected chi connectivity index (χ1v) is 16.8. The van der Waals surface area contributed by atoms with Gasteiger partial charge in [-0.05, 0) is 30.2 Å². The molecule has 0 aliphatic carbocycles. The average Bonchev–Trinajstić information content (AvgIpc) is 3.14. The summed E-state index contributed by atoms with van der Waals surface area (Å²) in [6.45, 7) is 3.08. The largest absolute Gasteiger partial charge is 0.481 e. The van der Waals surface area contributed by atoms with Crippen LogP contribution in [0.3, 0.4) is 0 Å². The Balaban J connectivity index is 0.00000261. The maximum Gasteiger partial charge on any atom is 0.422 e. The molecular formula is C37H44Cl3F3N6O5. The third-order valence-electron chi connectivity index (χ3n) is 9.18. The molecule has 2 aromatic heterocycles. The van der Waals surface area contributed by atoms with Gasteiger partial charge in [0.2, 0.25) is 17.6 Å². The number of carbonyl (C=O) groups is 1. The second-order valence-corrected chi connectivity index (χ2v) is 12.4. The maximum absolute atomic E-state index is 13.9. The number of nitrogens with zero attached hydrogens (tertiary/aromatic N) is 6. The zero-order valence-electron chi connectivity index (χ0n) is 30.0. The van der Waals surface area contributed by atoms with E-state index in [4.69, 9.17) is 18.9 Å². The summed E-state index contributed by atoms with van der Waals surface area (Å²) in [7, 11) is 2.88. The van der Waals surface area contributed by atoms with Gasteiger partial charge in [-0.3, -0.25) is 14.6 Å². The molecule has 6 rings (SSSR count). The Morgan fingerprint density at radius 3 is 2.04 bits per heavy atom. The lowest BCUT2D eigenvalue weighted by Gasteiger charge is -2.53. The number of pyridine rings is 1. The molecule has 4 heterocycles. The summed E-state index contributed by atoms with van der Waals surface area (Å²) in [4.78, 5) is 33.1. The van der Waals surface area contributed by atoms with E-state index in [0.29, 0.717) is 38.3 Å². The number of aromatic nitrogens is 3. The lowest BCUT2D eigenvalue weighted by Crippen LogP contribution is -2.67. The van der Waals surface area contributed by atoms with Gasteiger partial charge < -0.3 is 23.8 Å². The Morgan fingerprint density at radius 1 is 0.815 bits per heavy atom. The van der Waals surface area contributed by atoms with Crippen LogP contribution in [0.25, 0.3) is 0 Å². The zero-order valence-corrected chi connectivity index (χ0v) is 32.4. The molecule has 0 saturated carbocycles. The molecule has 1 amide bonds. The van der Waals surface area contributed by atoms with E-state index in [0.717, 1.165) is 11.1 Å². The van der Waals surface area contributed by atoms with Gasteiger partial charge in [0.15, 0.2) is 6.61 Å². The molecule has 2 fully saturated rings. The van der Waals surface area contributed by atoms with Crippen LogP contribution in [0.1, 0.15) is 39.9 Å². The van der Waals surface area contributed by atoms with Gasteiger partial charge in [-0.1, -0.05) is 60.7 Å². The number of benzene rings is 2. The van der Waals surface area contributed by atoms with E-state index in [-0.39, 0.29) is 103 Å². The summed E-state index contributed by atoms with van der Waals surface area (Å²) in [6.07, 6.45) is -3.01. The highest BCUT2D eigenvalue weighted by Gasteiger charge is 2.44. The van der Waals surface area contributed by atoms with E-state index in [2.05, 4.69) is 49.0 Å². The summed E-state index contributed by atoms with van der Waals surface area (Å²) in [6, 6.07) is 23.6. The van der Waals surface area contributed by atoms with Gasteiger partial charge in [0.1, 0.15) is 5.56 Å². The minimum atomic E-state index is -4.59. The Morgan fingerprint density at radius 2 is 1.44 bits per heavy atom. The van der Waals surface area contributed by atoms with Crippen LogP contribution in [0.4, 0.5) is 13.2 Å². The number of fused-ring (bicyclic) bond motifs is 1. The fourth-order valence-electron chi connectivity index (χ4n) is 7.08. The molecule has 1 unspecified atom stereocenters. The van der Waals surface area contributed by atoms with E-state index in [1.54, 1.807) is 25.3 Å². The van der Waals surface area contributed by atoms with Crippen LogP contribution >= 0.6 is 37.2 Å². The van der Waals surface area contributed by atoms with Crippen molar-refractivity contribution in [2.45, 2.75) is 37.6 Å². The molecule has 54 heavy (non-hydrogen) atoms. The first-order chi connectivity index (χ1) is 24.7. The lowest BCUT2D eigenvalue weighted by molar-refractivity contribution is -0.154. The summed E-state index contributed by atoms with van der Waals surface area (Å²) < 4.78 is 61.9. The third-order valence-corrected chi connectivity index (χ3v) is 9.18. The van der Waals surface area contributed by atoms with Crippen LogP contribution in [-0.2, 0) is 6.54 Å². The molecule has 4 aromatic rings. The van der Waals surface area contributed by atoms with Crippen molar-refractivity contribution >= 4 is 43.1 Å². The topological polar surface area (TPSA) is 102 Å². The molecule has 0 N–H and O–H groups in total. The number of halogens is 6. The fraction of sp³-hybridized carbons (Fsp3) is 0.405. The normalized spacial score (nSPS) is 17.3. The zero-order chi connectivity index (χ0) is 36.0. The van der Waals surface area contributed by atoms with Crippen molar-refractivity contribution in [3.8, 4) is 23.7 Å². The van der Waals surface area contributed by atoms with Gasteiger partial charge in [0.05, 0.1) is 26.4 Å². The van der Waals surface area contributed by atoms with Gasteiger partial charge in [-0.25, -0.2) is 4.98 Å². The summed E-state index contributed by atoms with van der Waals surface area (Å²) in [5.74, 6) is -0.168. The molecule has 2 atom stereocenters. The van der Waals surface area contributed by atoms with E-state index >= 15 is 0 Å². The molecular weight excluding hydrogens is 772 g/mol. The number of hydrogen-bond donors (Lipinski definition) is 0. The molecule has 0 spiro atoms. The summed E-state index contributed by atoms with van der Waals surface area (Å²) in [5, 5.41) is 0. The van der Waals surface area contributed by atoms with Crippen LogP contribution in [0, 0.1) is 0 Å². The number of amides is 1. The average molecular weight is 816 g/mol. The van der Waals surface area contributed by atoms with Crippen LogP contribution in [0.2, 0.25) is 0 Å². The van der Waals surface area contributed by atoms with Gasteiger partial charge in [-0.15, -0.1) is 37.2 Å². The highest BCUT2D eigenvalue weighted by atomic mass is 35.5. The highest BCUT2D eigenvalue weighted by molar-refractivity contribution is 5.96. The van der Waals surface area contributed by atoms with Crippen molar-refractivity contribution < 1.29 is 36.9 Å². The van der Waals surface area contributed by atoms with Crippen LogP contribution < -0.4 is 18.9 Å². The van der Waals surface area contributed by atoms with E-state index < -0.39 is 12.8 Å². The first kappa shape index (κ1) is 44.3. The van der Waals surface area contributed by atoms with Crippen molar-refractivity contribution in [1.29, 1.82) is 0 Å². The van der Waals surface area contributed by atoms with Crippen LogP contribution in [0.5, 0.6) is 23.7 Å². The minimum absolute atomic E-state index is 0. The van der Waals surface area contributed by atoms with Crippen LogP contribution in [0.15, 0.2) is 79.0 Å². The molecule has 294 valence electrons. The van der Waals surface area contributed by atoms with Crippen molar-refractivity contribution in [2.24, 2.45) is 0 Å². The molecule has 2 aliphatic rings. The van der Waals surface area contributed by atoms with E-state index in [9.17, 15) is 18.0 Å². The number of rotatable bonds is 12. The third kappa shape index (κ3) is 10.4. The number of methoxy groups -OCH3 is 2. The second kappa shape index (κ2) is 20.0. The van der Waals surface area contributed by atoms with Gasteiger partial charge in [0, 0.05) is 63.5 Å². The maximum atomic E-state index is 13.9. The van der Waals surface area contributed by atoms with E-state index in [1.165, 1.54) is 14.2 Å². The monoisotopic (exact) mass is 814 g/mol. The predicted molar refractivity (Wildman–Crippen MR) is 204 cm³/mol. The SMILES string of the molecule is CCOc1nc(OC)c(CN2CC(C(c3ccccc3)c3ccccc3)N3CCN(C(=O)c4cccnc4OC)C[C@H]3C2)c(OCC(F)(F)F)n1.Cl.Cl.Cl. The second-order valence-electron chi connectivity index (χ2n) is 12.4. The Hall–Kier alpha value is -4.08. The van der Waals surface area contributed by atoms with Crippen molar-refractivity contribution in [1.82, 2.24) is 29.7 Å². The van der Waals surface area contributed by atoms with Crippen molar-refractivity contribution in [2.75, 3.05) is 60.2 Å².